The first-order chi connectivity index (χ1) is 8.63. The van der Waals surface area contributed by atoms with Crippen LogP contribution in [0.1, 0.15) is 39.0 Å². The quantitative estimate of drug-likeness (QED) is 0.748. The lowest BCUT2D eigenvalue weighted by atomic mass is 10.00. The molecule has 3 aliphatic rings. The summed E-state index contributed by atoms with van der Waals surface area (Å²) in [4.78, 5) is 26.5. The number of hydrogen-bond donors (Lipinski definition) is 1. The molecule has 4 nitrogen and oxygen atoms in total. The monoisotopic (exact) mass is 250 g/mol. The van der Waals surface area contributed by atoms with Crippen LogP contribution in [0.2, 0.25) is 0 Å². The topological polar surface area (TPSA) is 63.4 Å². The van der Waals surface area contributed by atoms with Gasteiger partial charge in [0.15, 0.2) is 0 Å². The highest BCUT2D eigenvalue weighted by molar-refractivity contribution is 6.05. The molecule has 4 heteroatoms. The Morgan fingerprint density at radius 1 is 1.17 bits per heavy atom. The second kappa shape index (κ2) is 4.34. The number of nitrogens with two attached hydrogens (primary N) is 1. The largest absolute Gasteiger partial charge is 0.330 e. The van der Waals surface area contributed by atoms with Crippen LogP contribution in [0.4, 0.5) is 0 Å². The minimum atomic E-state index is -0.0217. The van der Waals surface area contributed by atoms with E-state index in [1.54, 1.807) is 4.90 Å². The lowest BCUT2D eigenvalue weighted by Gasteiger charge is -2.28. The number of fused-ring (bicyclic) bond motifs is 1. The third-order valence-electron chi connectivity index (χ3n) is 5.16. The summed E-state index contributed by atoms with van der Waals surface area (Å²) in [5.74, 6) is 0.996. The van der Waals surface area contributed by atoms with Crippen molar-refractivity contribution >= 4 is 11.8 Å². The molecular formula is C14H22N2O2. The minimum Gasteiger partial charge on any atom is -0.330 e. The van der Waals surface area contributed by atoms with E-state index in [4.69, 9.17) is 5.73 Å². The molecule has 2 amide bonds. The molecule has 0 spiro atoms. The third-order valence-corrected chi connectivity index (χ3v) is 5.16. The predicted molar refractivity (Wildman–Crippen MR) is 67.4 cm³/mol. The molecule has 2 aliphatic carbocycles. The highest BCUT2D eigenvalue weighted by Crippen LogP contribution is 2.45. The van der Waals surface area contributed by atoms with Gasteiger partial charge in [0.2, 0.25) is 11.8 Å². The van der Waals surface area contributed by atoms with Crippen molar-refractivity contribution in [3.63, 3.8) is 0 Å². The SMILES string of the molecule is CC1CC2C(=O)N(C3CCCC3CN)C(=O)C2C1. The predicted octanol–water partition coefficient (Wildman–Crippen LogP) is 1.14. The summed E-state index contributed by atoms with van der Waals surface area (Å²) in [6.45, 7) is 2.73. The Balaban J connectivity index is 1.82. The van der Waals surface area contributed by atoms with E-state index in [1.165, 1.54) is 0 Å². The van der Waals surface area contributed by atoms with Crippen LogP contribution in [0.5, 0.6) is 0 Å². The molecule has 0 aromatic carbocycles. The smallest absolute Gasteiger partial charge is 0.233 e. The van der Waals surface area contributed by atoms with Crippen molar-refractivity contribution < 1.29 is 9.59 Å². The Labute approximate surface area is 108 Å². The molecule has 3 fully saturated rings. The summed E-state index contributed by atoms with van der Waals surface area (Å²) in [5.41, 5.74) is 5.77. The first-order valence-electron chi connectivity index (χ1n) is 7.20. The third kappa shape index (κ3) is 1.62. The van der Waals surface area contributed by atoms with Crippen LogP contribution >= 0.6 is 0 Å². The Bertz CT molecular complexity index is 358. The maximum absolute atomic E-state index is 12.5. The molecular weight excluding hydrogens is 228 g/mol. The average molecular weight is 250 g/mol. The maximum atomic E-state index is 12.5. The molecule has 1 heterocycles. The molecule has 4 unspecified atom stereocenters. The molecule has 1 aliphatic heterocycles. The second-order valence-electron chi connectivity index (χ2n) is 6.33. The molecule has 2 saturated carbocycles. The summed E-state index contributed by atoms with van der Waals surface area (Å²) in [5, 5.41) is 0. The maximum Gasteiger partial charge on any atom is 0.233 e. The van der Waals surface area contributed by atoms with Gasteiger partial charge in [-0.15, -0.1) is 0 Å². The fourth-order valence-electron chi connectivity index (χ4n) is 4.26. The zero-order valence-electron chi connectivity index (χ0n) is 11.0. The van der Waals surface area contributed by atoms with E-state index in [2.05, 4.69) is 6.92 Å². The lowest BCUT2D eigenvalue weighted by molar-refractivity contribution is -0.144. The molecule has 4 atom stereocenters. The lowest BCUT2D eigenvalue weighted by Crippen LogP contribution is -2.45. The second-order valence-corrected chi connectivity index (χ2v) is 6.33. The van der Waals surface area contributed by atoms with Gasteiger partial charge in [-0.25, -0.2) is 0 Å². The molecule has 100 valence electrons. The molecule has 0 radical (unpaired) electrons. The first-order valence-corrected chi connectivity index (χ1v) is 7.20. The van der Waals surface area contributed by atoms with Gasteiger partial charge in [0.05, 0.1) is 11.8 Å². The fraction of sp³-hybridized carbons (Fsp3) is 0.857. The number of carbonyl (C=O) groups excluding carboxylic acids is 2. The Morgan fingerprint density at radius 2 is 1.78 bits per heavy atom. The van der Waals surface area contributed by atoms with Gasteiger partial charge in [-0.3, -0.25) is 14.5 Å². The van der Waals surface area contributed by atoms with E-state index < -0.39 is 0 Å². The van der Waals surface area contributed by atoms with E-state index >= 15 is 0 Å². The highest BCUT2D eigenvalue weighted by atomic mass is 16.2. The van der Waals surface area contributed by atoms with Gasteiger partial charge in [-0.05, 0) is 44.1 Å². The van der Waals surface area contributed by atoms with Crippen molar-refractivity contribution in [1.82, 2.24) is 4.90 Å². The van der Waals surface area contributed by atoms with Gasteiger partial charge in [-0.1, -0.05) is 13.3 Å². The van der Waals surface area contributed by atoms with Crippen molar-refractivity contribution in [2.24, 2.45) is 29.4 Å². The van der Waals surface area contributed by atoms with Gasteiger partial charge in [0, 0.05) is 6.04 Å². The van der Waals surface area contributed by atoms with Crippen molar-refractivity contribution in [3.8, 4) is 0 Å². The Morgan fingerprint density at radius 3 is 2.33 bits per heavy atom. The summed E-state index contributed by atoms with van der Waals surface area (Å²) in [6.07, 6.45) is 4.89. The van der Waals surface area contributed by atoms with Gasteiger partial charge in [0.25, 0.3) is 0 Å². The van der Waals surface area contributed by atoms with Gasteiger partial charge < -0.3 is 5.73 Å². The number of nitrogens with zero attached hydrogens (tertiary/aromatic N) is 1. The van der Waals surface area contributed by atoms with Crippen LogP contribution < -0.4 is 5.73 Å². The molecule has 18 heavy (non-hydrogen) atoms. The zero-order chi connectivity index (χ0) is 12.9. The normalized spacial score (nSPS) is 43.9. The van der Waals surface area contributed by atoms with Crippen molar-refractivity contribution in [3.05, 3.63) is 0 Å². The molecule has 0 bridgehead atoms. The summed E-state index contributed by atoms with van der Waals surface area (Å²) in [7, 11) is 0. The van der Waals surface area contributed by atoms with Crippen LogP contribution in [-0.2, 0) is 9.59 Å². The number of likely N-dealkylation sites (tertiary alicyclic amines) is 1. The van der Waals surface area contributed by atoms with Gasteiger partial charge in [-0.2, -0.15) is 0 Å². The standard InChI is InChI=1S/C14H22N2O2/c1-8-5-10-11(6-8)14(18)16(13(10)17)12-4-2-3-9(12)7-15/h8-12H,2-7,15H2,1H3. The van der Waals surface area contributed by atoms with E-state index in [9.17, 15) is 9.59 Å². The Kier molecular flexibility index (Phi) is 2.93. The Hall–Kier alpha value is -0.900. The van der Waals surface area contributed by atoms with Crippen molar-refractivity contribution in [2.45, 2.75) is 45.1 Å². The molecule has 2 N–H and O–H groups in total. The van der Waals surface area contributed by atoms with E-state index in [0.717, 1.165) is 32.1 Å². The number of amides is 2. The van der Waals surface area contributed by atoms with E-state index in [1.807, 2.05) is 0 Å². The van der Waals surface area contributed by atoms with Gasteiger partial charge in [0.1, 0.15) is 0 Å². The van der Waals surface area contributed by atoms with Crippen LogP contribution in [0.15, 0.2) is 0 Å². The summed E-state index contributed by atoms with van der Waals surface area (Å²) in [6, 6.07) is 0.0934. The van der Waals surface area contributed by atoms with Crippen molar-refractivity contribution in [2.75, 3.05) is 6.54 Å². The number of rotatable bonds is 2. The average Bonchev–Trinajstić information content (AvgIpc) is 2.99. The van der Waals surface area contributed by atoms with E-state index in [0.29, 0.717) is 18.4 Å². The molecule has 0 aromatic rings. The van der Waals surface area contributed by atoms with Crippen LogP contribution in [0.3, 0.4) is 0 Å². The van der Waals surface area contributed by atoms with E-state index in [-0.39, 0.29) is 29.7 Å². The molecule has 1 saturated heterocycles. The molecule has 0 aromatic heterocycles. The summed E-state index contributed by atoms with van der Waals surface area (Å²) >= 11 is 0. The fourth-order valence-corrected chi connectivity index (χ4v) is 4.26. The first kappa shape index (κ1) is 12.2. The van der Waals surface area contributed by atoms with Crippen LogP contribution in [-0.4, -0.2) is 29.3 Å². The number of hydrogen-bond acceptors (Lipinski definition) is 3. The number of carbonyl (C=O) groups is 2. The minimum absolute atomic E-state index is 0.0217. The van der Waals surface area contributed by atoms with Crippen LogP contribution in [0.25, 0.3) is 0 Å². The molecule has 3 rings (SSSR count). The van der Waals surface area contributed by atoms with Gasteiger partial charge >= 0.3 is 0 Å². The zero-order valence-corrected chi connectivity index (χ0v) is 11.0. The van der Waals surface area contributed by atoms with Crippen LogP contribution in [0, 0.1) is 23.7 Å². The summed E-state index contributed by atoms with van der Waals surface area (Å²) < 4.78 is 0. The number of imide groups is 1. The highest BCUT2D eigenvalue weighted by Gasteiger charge is 2.54. The van der Waals surface area contributed by atoms with Crippen molar-refractivity contribution in [1.29, 1.82) is 0 Å².